The first-order valence-corrected chi connectivity index (χ1v) is 17.3. The molecule has 0 amide bonds. The molecule has 0 aliphatic carbocycles. The Hall–Kier alpha value is -5.16. The highest BCUT2D eigenvalue weighted by Gasteiger charge is 2.17. The number of benzene rings is 4. The molecule has 0 radical (unpaired) electrons. The summed E-state index contributed by atoms with van der Waals surface area (Å²) in [6, 6.07) is 36.4. The standard InChI is InChI=1S/C43H44N4O/c1-6-7-12-32-19-22-40-39(25-32)38-21-20-37(28-41(38)46(40)42-26-33(23-24-44-42)18-17-29(2)3)48-36-16-11-15-35(27-36)47-31(5)43(30(4)45-47)34-13-9-8-10-14-34/h8-11,13-16,19-29H,6-7,12,17-18H2,1-5H3. The molecule has 242 valence electrons. The number of rotatable bonds is 11. The molecule has 0 unspecified atom stereocenters. The van der Waals surface area contributed by atoms with E-state index in [1.807, 2.05) is 29.1 Å². The minimum atomic E-state index is 0.654. The fourth-order valence-electron chi connectivity index (χ4n) is 6.82. The zero-order chi connectivity index (χ0) is 33.2. The predicted molar refractivity (Wildman–Crippen MR) is 199 cm³/mol. The molecule has 48 heavy (non-hydrogen) atoms. The van der Waals surface area contributed by atoms with Gasteiger partial charge in [0, 0.05) is 40.4 Å². The van der Waals surface area contributed by atoms with Gasteiger partial charge in [0.05, 0.1) is 22.4 Å². The van der Waals surface area contributed by atoms with Crippen LogP contribution in [0.15, 0.2) is 109 Å². The van der Waals surface area contributed by atoms with Crippen molar-refractivity contribution in [1.29, 1.82) is 0 Å². The number of nitrogens with zero attached hydrogens (tertiary/aromatic N) is 4. The first kappa shape index (κ1) is 31.4. The Morgan fingerprint density at radius 2 is 1.54 bits per heavy atom. The summed E-state index contributed by atoms with van der Waals surface area (Å²) in [6.45, 7) is 11.0. The van der Waals surface area contributed by atoms with E-state index in [4.69, 9.17) is 14.8 Å². The van der Waals surface area contributed by atoms with E-state index >= 15 is 0 Å². The van der Waals surface area contributed by atoms with Crippen LogP contribution in [-0.2, 0) is 12.8 Å². The highest BCUT2D eigenvalue weighted by molar-refractivity contribution is 6.09. The summed E-state index contributed by atoms with van der Waals surface area (Å²) in [7, 11) is 0. The number of unbranched alkanes of at least 4 members (excludes halogenated alkanes) is 1. The van der Waals surface area contributed by atoms with Gasteiger partial charge in [-0.15, -0.1) is 0 Å². The molecule has 0 fully saturated rings. The second-order valence-electron chi connectivity index (χ2n) is 13.3. The van der Waals surface area contributed by atoms with E-state index in [-0.39, 0.29) is 0 Å². The molecule has 4 aromatic carbocycles. The van der Waals surface area contributed by atoms with Gasteiger partial charge in [-0.3, -0.25) is 4.57 Å². The Balaban J connectivity index is 1.28. The van der Waals surface area contributed by atoms with E-state index in [9.17, 15) is 0 Å². The molecular formula is C43H44N4O. The Morgan fingerprint density at radius 1 is 0.729 bits per heavy atom. The van der Waals surface area contributed by atoms with Crippen molar-refractivity contribution >= 4 is 21.8 Å². The quantitative estimate of drug-likeness (QED) is 0.143. The summed E-state index contributed by atoms with van der Waals surface area (Å²) in [4.78, 5) is 4.89. The lowest BCUT2D eigenvalue weighted by atomic mass is 10.0. The second kappa shape index (κ2) is 13.5. The van der Waals surface area contributed by atoms with Gasteiger partial charge >= 0.3 is 0 Å². The van der Waals surface area contributed by atoms with Gasteiger partial charge in [-0.25, -0.2) is 9.67 Å². The van der Waals surface area contributed by atoms with Crippen molar-refractivity contribution in [2.24, 2.45) is 5.92 Å². The van der Waals surface area contributed by atoms with E-state index < -0.39 is 0 Å². The van der Waals surface area contributed by atoms with Crippen LogP contribution in [0.1, 0.15) is 62.5 Å². The van der Waals surface area contributed by atoms with Crippen LogP contribution in [0.2, 0.25) is 0 Å². The van der Waals surface area contributed by atoms with E-state index in [1.165, 1.54) is 45.9 Å². The average molecular weight is 633 g/mol. The van der Waals surface area contributed by atoms with Crippen molar-refractivity contribution in [1.82, 2.24) is 19.3 Å². The monoisotopic (exact) mass is 632 g/mol. The van der Waals surface area contributed by atoms with Gasteiger partial charge in [0.1, 0.15) is 17.3 Å². The van der Waals surface area contributed by atoms with Gasteiger partial charge in [0.15, 0.2) is 0 Å². The van der Waals surface area contributed by atoms with E-state index in [0.717, 1.165) is 64.7 Å². The molecule has 7 rings (SSSR count). The summed E-state index contributed by atoms with van der Waals surface area (Å²) in [5.41, 5.74) is 10.3. The van der Waals surface area contributed by atoms with Crippen LogP contribution in [0, 0.1) is 19.8 Å². The van der Waals surface area contributed by atoms with Crippen LogP contribution in [0.3, 0.4) is 0 Å². The van der Waals surface area contributed by atoms with Gasteiger partial charge in [-0.05, 0) is 111 Å². The minimum Gasteiger partial charge on any atom is -0.457 e. The lowest BCUT2D eigenvalue weighted by Crippen LogP contribution is -2.00. The van der Waals surface area contributed by atoms with Gasteiger partial charge in [-0.1, -0.05) is 69.7 Å². The normalized spacial score (nSPS) is 11.6. The predicted octanol–water partition coefficient (Wildman–Crippen LogP) is 11.4. The maximum Gasteiger partial charge on any atom is 0.137 e. The van der Waals surface area contributed by atoms with Crippen molar-refractivity contribution in [2.45, 2.75) is 66.7 Å². The van der Waals surface area contributed by atoms with Crippen LogP contribution < -0.4 is 4.74 Å². The SMILES string of the molecule is CCCCc1ccc2c(c1)c1ccc(Oc3cccc(-n4nc(C)c(-c5ccccc5)c4C)c3)cc1n2-c1cc(CCC(C)C)ccn1. The zero-order valence-corrected chi connectivity index (χ0v) is 28.7. The smallest absolute Gasteiger partial charge is 0.137 e. The van der Waals surface area contributed by atoms with Crippen LogP contribution in [0.25, 0.3) is 44.4 Å². The first-order valence-electron chi connectivity index (χ1n) is 17.3. The topological polar surface area (TPSA) is 44.9 Å². The van der Waals surface area contributed by atoms with Crippen molar-refractivity contribution in [3.05, 3.63) is 132 Å². The van der Waals surface area contributed by atoms with Crippen LogP contribution >= 0.6 is 0 Å². The molecule has 3 aromatic heterocycles. The summed E-state index contributed by atoms with van der Waals surface area (Å²) in [6.07, 6.45) is 7.60. The molecule has 5 heteroatoms. The van der Waals surface area contributed by atoms with Crippen LogP contribution in [0.4, 0.5) is 0 Å². The number of ether oxygens (including phenoxy) is 1. The Labute approximate surface area is 283 Å². The van der Waals surface area contributed by atoms with Gasteiger partial charge in [0.2, 0.25) is 0 Å². The largest absolute Gasteiger partial charge is 0.457 e. The van der Waals surface area contributed by atoms with Crippen LogP contribution in [-0.4, -0.2) is 19.3 Å². The highest BCUT2D eigenvalue weighted by Crippen LogP contribution is 2.36. The number of aryl methyl sites for hydroxylation is 3. The van der Waals surface area contributed by atoms with Crippen molar-refractivity contribution in [2.75, 3.05) is 0 Å². The molecule has 0 aliphatic rings. The lowest BCUT2D eigenvalue weighted by Gasteiger charge is -2.12. The van der Waals surface area contributed by atoms with Crippen LogP contribution in [0.5, 0.6) is 11.5 Å². The summed E-state index contributed by atoms with van der Waals surface area (Å²) in [5, 5.41) is 7.38. The minimum absolute atomic E-state index is 0.654. The van der Waals surface area contributed by atoms with E-state index in [0.29, 0.717) is 5.92 Å². The van der Waals surface area contributed by atoms with Crippen molar-refractivity contribution < 1.29 is 4.74 Å². The maximum atomic E-state index is 6.59. The fourth-order valence-corrected chi connectivity index (χ4v) is 6.82. The van der Waals surface area contributed by atoms with Gasteiger partial charge in [0.25, 0.3) is 0 Å². The van der Waals surface area contributed by atoms with Crippen molar-refractivity contribution in [3.8, 4) is 34.1 Å². The summed E-state index contributed by atoms with van der Waals surface area (Å²) >= 11 is 0. The second-order valence-corrected chi connectivity index (χ2v) is 13.3. The van der Waals surface area contributed by atoms with Crippen molar-refractivity contribution in [3.63, 3.8) is 0 Å². The number of hydrogen-bond acceptors (Lipinski definition) is 3. The molecule has 0 saturated heterocycles. The fraction of sp³-hybridized carbons (Fsp3) is 0.256. The number of aromatic nitrogens is 4. The molecule has 0 bridgehead atoms. The van der Waals surface area contributed by atoms with Gasteiger partial charge < -0.3 is 4.74 Å². The van der Waals surface area contributed by atoms with E-state index in [1.54, 1.807) is 0 Å². The number of hydrogen-bond donors (Lipinski definition) is 0. The molecule has 0 atom stereocenters. The molecule has 3 heterocycles. The molecule has 7 aromatic rings. The molecule has 0 N–H and O–H groups in total. The molecule has 0 saturated carbocycles. The Kier molecular flexibility index (Phi) is 8.86. The average Bonchev–Trinajstić information content (AvgIpc) is 3.59. The third kappa shape index (κ3) is 6.25. The Morgan fingerprint density at radius 3 is 2.35 bits per heavy atom. The third-order valence-electron chi connectivity index (χ3n) is 9.32. The zero-order valence-electron chi connectivity index (χ0n) is 28.7. The molecule has 0 spiro atoms. The lowest BCUT2D eigenvalue weighted by molar-refractivity contribution is 0.482. The van der Waals surface area contributed by atoms with E-state index in [2.05, 4.69) is 124 Å². The Bertz CT molecular complexity index is 2210. The highest BCUT2D eigenvalue weighted by atomic mass is 16.5. The first-order chi connectivity index (χ1) is 23.4. The summed E-state index contributed by atoms with van der Waals surface area (Å²) < 4.78 is 10.9. The summed E-state index contributed by atoms with van der Waals surface area (Å²) in [5.74, 6) is 3.14. The molecule has 5 nitrogen and oxygen atoms in total. The molecular weight excluding hydrogens is 589 g/mol. The molecule has 0 aliphatic heterocycles. The maximum absolute atomic E-state index is 6.59. The third-order valence-corrected chi connectivity index (χ3v) is 9.32. The van der Waals surface area contributed by atoms with Gasteiger partial charge in [-0.2, -0.15) is 5.10 Å². The number of pyridine rings is 1. The number of fused-ring (bicyclic) bond motifs is 3.